The molecule has 0 saturated carbocycles. The number of anilines is 1. The van der Waals surface area contributed by atoms with E-state index in [-0.39, 0.29) is 29.7 Å². The van der Waals surface area contributed by atoms with Gasteiger partial charge >= 0.3 is 5.97 Å². The van der Waals surface area contributed by atoms with Gasteiger partial charge in [0.25, 0.3) is 5.91 Å². The monoisotopic (exact) mass is 501 g/mol. The molecule has 0 aliphatic heterocycles. The summed E-state index contributed by atoms with van der Waals surface area (Å²) in [6.45, 7) is 4.63. The number of carbonyl (C=O) groups excluding carboxylic acids is 3. The zero-order valence-electron chi connectivity index (χ0n) is 18.9. The van der Waals surface area contributed by atoms with Crippen LogP contribution in [-0.4, -0.2) is 45.4 Å². The van der Waals surface area contributed by atoms with Crippen LogP contribution in [0, 0.1) is 6.92 Å². The summed E-state index contributed by atoms with van der Waals surface area (Å²) in [5.74, 6) is -0.422. The zero-order valence-corrected chi connectivity index (χ0v) is 20.5. The lowest BCUT2D eigenvalue weighted by molar-refractivity contribution is -0.113. The number of nitrogens with one attached hydrogen (secondary N) is 2. The van der Waals surface area contributed by atoms with Crippen LogP contribution in [0.4, 0.5) is 5.69 Å². The quantitative estimate of drug-likeness (QED) is 0.339. The lowest BCUT2D eigenvalue weighted by atomic mass is 10.1. The topological polar surface area (TPSA) is 115 Å². The number of thioether (sulfide) groups is 1. The Hall–Kier alpha value is -3.37. The number of aryl methyl sites for hydroxylation is 1. The summed E-state index contributed by atoms with van der Waals surface area (Å²) >= 11 is 7.34. The van der Waals surface area contributed by atoms with Gasteiger partial charge in [-0.15, -0.1) is 10.2 Å². The Kier molecular flexibility index (Phi) is 8.67. The van der Waals surface area contributed by atoms with Crippen molar-refractivity contribution in [3.05, 3.63) is 70.0 Å². The molecule has 0 aliphatic carbocycles. The van der Waals surface area contributed by atoms with E-state index in [1.54, 1.807) is 6.07 Å². The van der Waals surface area contributed by atoms with Gasteiger partial charge in [0.1, 0.15) is 0 Å². The fourth-order valence-electron chi connectivity index (χ4n) is 3.10. The lowest BCUT2D eigenvalue weighted by Crippen LogP contribution is -2.25. The molecule has 0 spiro atoms. The number of amides is 2. The minimum Gasteiger partial charge on any atom is -0.465 e. The van der Waals surface area contributed by atoms with Gasteiger partial charge in [-0.3, -0.25) is 9.59 Å². The van der Waals surface area contributed by atoms with Crippen LogP contribution < -0.4 is 10.6 Å². The molecule has 0 saturated heterocycles. The number of aromatic nitrogens is 3. The van der Waals surface area contributed by atoms with E-state index in [0.29, 0.717) is 33.8 Å². The third kappa shape index (κ3) is 6.36. The molecule has 3 aromatic rings. The first-order valence-electron chi connectivity index (χ1n) is 10.4. The highest BCUT2D eigenvalue weighted by atomic mass is 35.5. The number of halogens is 1. The highest BCUT2D eigenvalue weighted by Gasteiger charge is 2.16. The van der Waals surface area contributed by atoms with Gasteiger partial charge in [-0.1, -0.05) is 41.1 Å². The van der Waals surface area contributed by atoms with Crippen molar-refractivity contribution in [1.29, 1.82) is 0 Å². The third-order valence-electron chi connectivity index (χ3n) is 4.79. The number of esters is 1. The van der Waals surface area contributed by atoms with Crippen LogP contribution in [0.2, 0.25) is 5.02 Å². The average molecular weight is 502 g/mol. The number of hydrogen-bond donors (Lipinski definition) is 2. The van der Waals surface area contributed by atoms with E-state index in [1.165, 1.54) is 37.1 Å². The molecular weight excluding hydrogens is 478 g/mol. The van der Waals surface area contributed by atoms with E-state index in [9.17, 15) is 14.4 Å². The molecule has 0 radical (unpaired) electrons. The molecule has 11 heteroatoms. The normalized spacial score (nSPS) is 10.6. The maximum atomic E-state index is 12.5. The van der Waals surface area contributed by atoms with E-state index in [1.807, 2.05) is 36.6 Å². The molecule has 3 rings (SSSR count). The maximum absolute atomic E-state index is 12.5. The molecule has 0 fully saturated rings. The second-order valence-corrected chi connectivity index (χ2v) is 8.57. The van der Waals surface area contributed by atoms with Crippen molar-refractivity contribution in [3.8, 4) is 0 Å². The van der Waals surface area contributed by atoms with Crippen LogP contribution in [0.15, 0.2) is 47.6 Å². The Bertz CT molecular complexity index is 1210. The molecule has 1 heterocycles. The summed E-state index contributed by atoms with van der Waals surface area (Å²) < 4.78 is 6.52. The second-order valence-electron chi connectivity index (χ2n) is 7.22. The Balaban J connectivity index is 1.60. The van der Waals surface area contributed by atoms with Crippen molar-refractivity contribution in [2.24, 2.45) is 0 Å². The van der Waals surface area contributed by atoms with Gasteiger partial charge in [0, 0.05) is 12.1 Å². The highest BCUT2D eigenvalue weighted by molar-refractivity contribution is 7.99. The van der Waals surface area contributed by atoms with Crippen molar-refractivity contribution in [1.82, 2.24) is 20.1 Å². The van der Waals surface area contributed by atoms with Crippen LogP contribution in [0.1, 0.15) is 39.0 Å². The Labute approximate surface area is 206 Å². The first-order valence-corrected chi connectivity index (χ1v) is 11.8. The van der Waals surface area contributed by atoms with Crippen LogP contribution in [0.5, 0.6) is 0 Å². The molecule has 178 valence electrons. The number of rotatable bonds is 9. The van der Waals surface area contributed by atoms with E-state index in [2.05, 4.69) is 20.8 Å². The summed E-state index contributed by atoms with van der Waals surface area (Å²) in [4.78, 5) is 36.6. The number of nitrogens with zero attached hydrogens (tertiary/aromatic N) is 3. The number of benzene rings is 2. The molecule has 0 bridgehead atoms. The summed E-state index contributed by atoms with van der Waals surface area (Å²) in [5.41, 5.74) is 2.16. The van der Waals surface area contributed by atoms with Crippen molar-refractivity contribution in [3.63, 3.8) is 0 Å². The number of methoxy groups -OCH3 is 1. The van der Waals surface area contributed by atoms with Crippen molar-refractivity contribution >= 4 is 46.8 Å². The molecule has 9 nitrogen and oxygen atoms in total. The average Bonchev–Trinajstić information content (AvgIpc) is 3.23. The third-order valence-corrected chi connectivity index (χ3v) is 6.09. The van der Waals surface area contributed by atoms with Gasteiger partial charge in [-0.2, -0.15) is 0 Å². The molecule has 34 heavy (non-hydrogen) atoms. The van der Waals surface area contributed by atoms with Crippen molar-refractivity contribution < 1.29 is 19.1 Å². The molecular formula is C23H24ClN5O4S. The van der Waals surface area contributed by atoms with Gasteiger partial charge in [0.15, 0.2) is 11.0 Å². The molecule has 0 atom stereocenters. The highest BCUT2D eigenvalue weighted by Crippen LogP contribution is 2.24. The number of ether oxygens (including phenoxy) is 1. The molecule has 1 aromatic heterocycles. The Morgan fingerprint density at radius 2 is 1.91 bits per heavy atom. The molecule has 0 unspecified atom stereocenters. The minimum atomic E-state index is -0.528. The number of carbonyl (C=O) groups is 3. The van der Waals surface area contributed by atoms with E-state index >= 15 is 0 Å². The summed E-state index contributed by atoms with van der Waals surface area (Å²) in [5, 5.41) is 14.7. The van der Waals surface area contributed by atoms with E-state index in [0.717, 1.165) is 5.56 Å². The predicted octanol–water partition coefficient (Wildman–Crippen LogP) is 3.71. The van der Waals surface area contributed by atoms with Gasteiger partial charge < -0.3 is 19.9 Å². The first kappa shape index (κ1) is 25.3. The SMILES string of the molecule is CCn1c(CNC(=O)c2cccc(C)c2)nnc1SCC(=O)Nc1cc(C(=O)OC)ccc1Cl. The van der Waals surface area contributed by atoms with E-state index < -0.39 is 5.97 Å². The Morgan fingerprint density at radius 1 is 1.12 bits per heavy atom. The second kappa shape index (κ2) is 11.7. The van der Waals surface area contributed by atoms with Gasteiger partial charge in [0.05, 0.1) is 35.7 Å². The predicted molar refractivity (Wildman–Crippen MR) is 130 cm³/mol. The fraction of sp³-hybridized carbons (Fsp3) is 0.261. The first-order chi connectivity index (χ1) is 16.3. The van der Waals surface area contributed by atoms with Gasteiger partial charge in [0.2, 0.25) is 5.91 Å². The minimum absolute atomic E-state index is 0.0482. The van der Waals surface area contributed by atoms with Crippen LogP contribution in [0.3, 0.4) is 0 Å². The molecule has 2 N–H and O–H groups in total. The lowest BCUT2D eigenvalue weighted by Gasteiger charge is -2.10. The van der Waals surface area contributed by atoms with Crippen molar-refractivity contribution in [2.45, 2.75) is 32.1 Å². The zero-order chi connectivity index (χ0) is 24.7. The molecule has 0 aliphatic rings. The standard InChI is InChI=1S/C23H24ClN5O4S/c1-4-29-19(12-25-21(31)15-7-5-6-14(2)10-15)27-28-23(29)34-13-20(30)26-18-11-16(22(32)33-3)8-9-17(18)24/h5-11H,4,12-13H2,1-3H3,(H,25,31)(H,26,30). The summed E-state index contributed by atoms with van der Waals surface area (Å²) in [6, 6.07) is 11.8. The largest absolute Gasteiger partial charge is 0.465 e. The van der Waals surface area contributed by atoms with Crippen molar-refractivity contribution in [2.75, 3.05) is 18.2 Å². The molecule has 2 aromatic carbocycles. The van der Waals surface area contributed by atoms with Crippen LogP contribution >= 0.6 is 23.4 Å². The molecule has 2 amide bonds. The number of hydrogen-bond acceptors (Lipinski definition) is 7. The summed E-state index contributed by atoms with van der Waals surface area (Å²) in [7, 11) is 1.28. The summed E-state index contributed by atoms with van der Waals surface area (Å²) in [6.07, 6.45) is 0. The fourth-order valence-corrected chi connectivity index (χ4v) is 4.09. The van der Waals surface area contributed by atoms with Crippen LogP contribution in [0.25, 0.3) is 0 Å². The van der Waals surface area contributed by atoms with E-state index in [4.69, 9.17) is 16.3 Å². The van der Waals surface area contributed by atoms with Gasteiger partial charge in [-0.25, -0.2) is 4.79 Å². The Morgan fingerprint density at radius 3 is 2.62 bits per heavy atom. The van der Waals surface area contributed by atoms with Crippen LogP contribution in [-0.2, 0) is 22.6 Å². The van der Waals surface area contributed by atoms with Gasteiger partial charge in [-0.05, 0) is 44.2 Å². The maximum Gasteiger partial charge on any atom is 0.337 e. The smallest absolute Gasteiger partial charge is 0.337 e.